The summed E-state index contributed by atoms with van der Waals surface area (Å²) in [6, 6.07) is 11.2. The van der Waals surface area contributed by atoms with Crippen LogP contribution in [0.1, 0.15) is 75.7 Å². The van der Waals surface area contributed by atoms with E-state index in [0.717, 1.165) is 5.56 Å². The van der Waals surface area contributed by atoms with Gasteiger partial charge in [0.2, 0.25) is 23.6 Å². The van der Waals surface area contributed by atoms with E-state index in [2.05, 4.69) is 16.0 Å². The van der Waals surface area contributed by atoms with E-state index in [1.54, 1.807) is 50.5 Å². The number of rotatable bonds is 6. The third-order valence-electron chi connectivity index (χ3n) is 8.41. The van der Waals surface area contributed by atoms with Gasteiger partial charge in [-0.3, -0.25) is 24.0 Å². The normalized spacial score (nSPS) is 19.6. The van der Waals surface area contributed by atoms with Crippen molar-refractivity contribution in [1.29, 1.82) is 0 Å². The maximum absolute atomic E-state index is 13.7. The molecule has 0 unspecified atom stereocenters. The number of carbonyl (C=O) groups is 5. The molecule has 1 aliphatic heterocycles. The number of halogens is 1. The number of amides is 5. The molecule has 3 rings (SSSR count). The van der Waals surface area contributed by atoms with Gasteiger partial charge in [0, 0.05) is 45.4 Å². The summed E-state index contributed by atoms with van der Waals surface area (Å²) in [6.45, 7) is 8.33. The first kappa shape index (κ1) is 38.0. The number of nitrogens with one attached hydrogen (secondary N) is 3. The number of benzene rings is 2. The third kappa shape index (κ3) is 11.6. The summed E-state index contributed by atoms with van der Waals surface area (Å²) in [7, 11) is 3.19. The molecule has 2 aromatic rings. The molecule has 0 spiro atoms. The first-order chi connectivity index (χ1) is 22.7. The summed E-state index contributed by atoms with van der Waals surface area (Å²) in [6.07, 6.45) is 1.16. The lowest BCUT2D eigenvalue weighted by Gasteiger charge is -2.28. The monoisotopic (exact) mass is 667 g/mol. The van der Waals surface area contributed by atoms with Gasteiger partial charge in [-0.05, 0) is 55.0 Å². The molecule has 5 amide bonds. The van der Waals surface area contributed by atoms with Crippen molar-refractivity contribution >= 4 is 29.5 Å². The topological polar surface area (TPSA) is 137 Å². The van der Waals surface area contributed by atoms with E-state index in [1.165, 1.54) is 21.9 Å². The predicted molar refractivity (Wildman–Crippen MR) is 181 cm³/mol. The molecule has 1 aliphatic rings. The fraction of sp³-hybridized carbons (Fsp3) is 0.528. The lowest BCUT2D eigenvalue weighted by molar-refractivity contribution is -0.135. The number of hydrogen-bond acceptors (Lipinski definition) is 6. The van der Waals surface area contributed by atoms with Gasteiger partial charge in [0.05, 0.1) is 18.2 Å². The van der Waals surface area contributed by atoms with Crippen LogP contribution in [-0.2, 0) is 24.6 Å². The summed E-state index contributed by atoms with van der Waals surface area (Å²) in [5, 5.41) is 8.67. The smallest absolute Gasteiger partial charge is 0.255 e. The number of carbonyl (C=O) groups excluding carboxylic acids is 5. The minimum absolute atomic E-state index is 0.0285. The fourth-order valence-electron chi connectivity index (χ4n) is 5.47. The van der Waals surface area contributed by atoms with E-state index in [4.69, 9.17) is 4.74 Å². The van der Waals surface area contributed by atoms with Crippen molar-refractivity contribution in [3.63, 3.8) is 0 Å². The lowest BCUT2D eigenvalue weighted by atomic mass is 9.84. The second-order valence-corrected chi connectivity index (χ2v) is 13.5. The fourth-order valence-corrected chi connectivity index (χ4v) is 5.47. The minimum atomic E-state index is -1.05. The summed E-state index contributed by atoms with van der Waals surface area (Å²) >= 11 is 0. The molecule has 0 aliphatic carbocycles. The molecular weight excluding hydrogens is 617 g/mol. The molecule has 1 heterocycles. The van der Waals surface area contributed by atoms with Crippen LogP contribution in [0.4, 0.5) is 4.39 Å². The summed E-state index contributed by atoms with van der Waals surface area (Å²) in [5.41, 5.74) is 0.466. The first-order valence-electron chi connectivity index (χ1n) is 16.5. The number of para-hydroxylation sites is 1. The summed E-state index contributed by atoms with van der Waals surface area (Å²) in [5.74, 6) is -1.67. The number of likely N-dealkylation sites (N-methyl/N-ethyl adjacent to an activating group) is 1. The Kier molecular flexibility index (Phi) is 13.9. The van der Waals surface area contributed by atoms with Gasteiger partial charge >= 0.3 is 0 Å². The number of fused-ring (bicyclic) bond motifs is 1. The number of nitrogens with zero attached hydrogens (tertiary/aromatic N) is 2. The van der Waals surface area contributed by atoms with Crippen molar-refractivity contribution in [2.75, 3.05) is 40.3 Å². The van der Waals surface area contributed by atoms with Gasteiger partial charge in [-0.25, -0.2) is 4.39 Å². The quantitative estimate of drug-likeness (QED) is 0.432. The van der Waals surface area contributed by atoms with Crippen LogP contribution in [-0.4, -0.2) is 91.8 Å². The zero-order valence-electron chi connectivity index (χ0n) is 28.9. The van der Waals surface area contributed by atoms with Crippen molar-refractivity contribution in [2.45, 2.75) is 77.3 Å². The molecule has 2 atom stereocenters. The highest BCUT2D eigenvalue weighted by Crippen LogP contribution is 2.23. The maximum atomic E-state index is 13.7. The van der Waals surface area contributed by atoms with Gasteiger partial charge in [0.15, 0.2) is 0 Å². The number of ether oxygens (including phenoxy) is 1. The Bertz CT molecular complexity index is 1430. The molecule has 0 fully saturated rings. The van der Waals surface area contributed by atoms with Crippen molar-refractivity contribution in [2.24, 2.45) is 5.92 Å². The van der Waals surface area contributed by atoms with E-state index in [9.17, 15) is 28.4 Å². The van der Waals surface area contributed by atoms with Crippen LogP contribution in [0.2, 0.25) is 0 Å². The highest BCUT2D eigenvalue weighted by molar-refractivity contribution is 5.99. The van der Waals surface area contributed by atoms with Crippen LogP contribution in [0, 0.1) is 11.7 Å². The number of hydrogen-bond donors (Lipinski definition) is 3. The van der Waals surface area contributed by atoms with Crippen molar-refractivity contribution in [3.05, 3.63) is 65.5 Å². The van der Waals surface area contributed by atoms with Gasteiger partial charge in [-0.1, -0.05) is 52.0 Å². The Labute approximate surface area is 282 Å². The molecular formula is C36H50FN5O6. The lowest BCUT2D eigenvalue weighted by Crippen LogP contribution is -2.49. The zero-order chi connectivity index (χ0) is 35.4. The van der Waals surface area contributed by atoms with Crippen molar-refractivity contribution in [3.8, 4) is 5.75 Å². The predicted octanol–water partition coefficient (Wildman–Crippen LogP) is 3.42. The third-order valence-corrected chi connectivity index (χ3v) is 8.41. The SMILES string of the molecule is CC(C)C[C@H]1COc2ccccc2C(=O)N[C@H](C(=O)NCC(C)(C)c2ccc(F)cc2)CCC(=O)N(C)CCCC(=O)N(C)CC(=O)N1. The van der Waals surface area contributed by atoms with Gasteiger partial charge in [0.1, 0.15) is 24.2 Å². The van der Waals surface area contributed by atoms with Crippen LogP contribution in [0.3, 0.4) is 0 Å². The molecule has 0 radical (unpaired) electrons. The van der Waals surface area contributed by atoms with E-state index in [-0.39, 0.29) is 85.8 Å². The Hall–Kier alpha value is -4.48. The largest absolute Gasteiger partial charge is 0.491 e. The van der Waals surface area contributed by atoms with Crippen LogP contribution in [0.15, 0.2) is 48.5 Å². The Morgan fingerprint density at radius 3 is 2.33 bits per heavy atom. The van der Waals surface area contributed by atoms with E-state index >= 15 is 0 Å². The Balaban J connectivity index is 1.86. The second-order valence-electron chi connectivity index (χ2n) is 13.5. The molecule has 0 saturated heterocycles. The van der Waals surface area contributed by atoms with Crippen LogP contribution in [0.25, 0.3) is 0 Å². The van der Waals surface area contributed by atoms with Gasteiger partial charge in [0.25, 0.3) is 5.91 Å². The maximum Gasteiger partial charge on any atom is 0.255 e. The molecule has 3 N–H and O–H groups in total. The average Bonchev–Trinajstić information content (AvgIpc) is 3.03. The van der Waals surface area contributed by atoms with Gasteiger partial charge in [-0.2, -0.15) is 0 Å². The summed E-state index contributed by atoms with van der Waals surface area (Å²) < 4.78 is 19.6. The van der Waals surface area contributed by atoms with Gasteiger partial charge in [-0.15, -0.1) is 0 Å². The van der Waals surface area contributed by atoms with E-state index in [1.807, 2.05) is 27.7 Å². The molecule has 0 bridgehead atoms. The molecule has 12 heteroatoms. The van der Waals surface area contributed by atoms with Crippen molar-refractivity contribution in [1.82, 2.24) is 25.8 Å². The highest BCUT2D eigenvalue weighted by atomic mass is 19.1. The second kappa shape index (κ2) is 17.6. The van der Waals surface area contributed by atoms with E-state index in [0.29, 0.717) is 19.4 Å². The van der Waals surface area contributed by atoms with Gasteiger partial charge < -0.3 is 30.5 Å². The first-order valence-corrected chi connectivity index (χ1v) is 16.5. The zero-order valence-corrected chi connectivity index (χ0v) is 28.9. The molecule has 11 nitrogen and oxygen atoms in total. The van der Waals surface area contributed by atoms with Crippen LogP contribution in [0.5, 0.6) is 5.75 Å². The van der Waals surface area contributed by atoms with Crippen molar-refractivity contribution < 1.29 is 33.1 Å². The molecule has 48 heavy (non-hydrogen) atoms. The molecule has 2 aromatic carbocycles. The summed E-state index contributed by atoms with van der Waals surface area (Å²) in [4.78, 5) is 68.8. The Morgan fingerprint density at radius 1 is 0.979 bits per heavy atom. The standard InChI is InChI=1S/C36H50FN5O6/c1-24(2)20-27-22-48-30-11-8-7-10-28(30)34(46)40-29(35(47)38-23-36(3,4)25-13-15-26(37)16-14-25)17-18-33(45)41(5)19-9-12-32(44)42(6)21-31(43)39-27/h7-8,10-11,13-16,24,27,29H,9,12,17-23H2,1-6H3,(H,38,47)(H,39,43)(H,40,46)/t27-,29-/m0/s1. The van der Waals surface area contributed by atoms with E-state index < -0.39 is 23.3 Å². The average molecular weight is 668 g/mol. The minimum Gasteiger partial charge on any atom is -0.491 e. The molecule has 0 aromatic heterocycles. The highest BCUT2D eigenvalue weighted by Gasteiger charge is 2.28. The molecule has 262 valence electrons. The molecule has 0 saturated carbocycles. The van der Waals surface area contributed by atoms with Crippen LogP contribution >= 0.6 is 0 Å². The Morgan fingerprint density at radius 2 is 1.65 bits per heavy atom. The van der Waals surface area contributed by atoms with Crippen LogP contribution < -0.4 is 20.7 Å².